The van der Waals surface area contributed by atoms with Crippen molar-refractivity contribution < 1.29 is 18.8 Å². The lowest BCUT2D eigenvalue weighted by Gasteiger charge is -2.13. The van der Waals surface area contributed by atoms with Gasteiger partial charge in [-0.15, -0.1) is 0 Å². The van der Waals surface area contributed by atoms with Crippen molar-refractivity contribution in [2.24, 2.45) is 0 Å². The Bertz CT molecular complexity index is 632. The van der Waals surface area contributed by atoms with Crippen molar-refractivity contribution in [2.75, 3.05) is 19.8 Å². The van der Waals surface area contributed by atoms with Crippen LogP contribution in [0.5, 0.6) is 5.75 Å². The molecule has 2 heterocycles. The van der Waals surface area contributed by atoms with E-state index >= 15 is 0 Å². The van der Waals surface area contributed by atoms with Gasteiger partial charge in [-0.25, -0.2) is 4.39 Å². The molecule has 6 nitrogen and oxygen atoms in total. The zero-order valence-corrected chi connectivity index (χ0v) is 11.5. The second-order valence-corrected chi connectivity index (χ2v) is 4.93. The number of hydrogen-bond donors (Lipinski definition) is 2. The maximum atomic E-state index is 13.4. The predicted molar refractivity (Wildman–Crippen MR) is 72.4 cm³/mol. The number of hydrogen-bond acceptors (Lipinski definition) is 6. The Labute approximate surface area is 120 Å². The fraction of sp³-hybridized carbons (Fsp3) is 0.429. The van der Waals surface area contributed by atoms with E-state index in [9.17, 15) is 9.50 Å². The molecule has 0 aliphatic carbocycles. The highest BCUT2D eigenvalue weighted by atomic mass is 19.1. The van der Waals surface area contributed by atoms with Crippen molar-refractivity contribution >= 4 is 0 Å². The van der Waals surface area contributed by atoms with Gasteiger partial charge in [0.2, 0.25) is 11.7 Å². The van der Waals surface area contributed by atoms with Gasteiger partial charge in [-0.1, -0.05) is 12.1 Å². The van der Waals surface area contributed by atoms with Gasteiger partial charge in [0.05, 0.1) is 19.1 Å². The minimum atomic E-state index is -0.714. The summed E-state index contributed by atoms with van der Waals surface area (Å²) in [5.74, 6) is -0.353. The molecule has 1 aliphatic heterocycles. The lowest BCUT2D eigenvalue weighted by molar-refractivity contribution is 0.185. The number of nitrogens with one attached hydrogen (secondary N) is 1. The summed E-state index contributed by atoms with van der Waals surface area (Å²) in [5, 5.41) is 16.4. The average Bonchev–Trinajstić information content (AvgIpc) is 3.10. The third kappa shape index (κ3) is 2.74. The number of nitrogens with zero attached hydrogens (tertiary/aromatic N) is 2. The highest BCUT2D eigenvalue weighted by Crippen LogP contribution is 2.28. The van der Waals surface area contributed by atoms with Crippen LogP contribution in [-0.4, -0.2) is 41.0 Å². The Hall–Kier alpha value is -1.99. The smallest absolute Gasteiger partial charge is 0.234 e. The molecule has 1 saturated heterocycles. The van der Waals surface area contributed by atoms with Crippen molar-refractivity contribution in [3.05, 3.63) is 29.9 Å². The standard InChI is InChI=1S/C14H16FN3O3/c1-2-16-11-7-20-6-9(11)14-17-13(18-21-14)8-3-4-12(19)10(15)5-8/h3-5,9,11,16,19H,2,6-7H2,1H3. The predicted octanol–water partition coefficient (Wildman–Crippen LogP) is 1.67. The van der Waals surface area contributed by atoms with Crippen LogP contribution in [0.25, 0.3) is 11.4 Å². The topological polar surface area (TPSA) is 80.4 Å². The Morgan fingerprint density at radius 1 is 1.43 bits per heavy atom. The number of likely N-dealkylation sites (N-methyl/N-ethyl adjacent to an activating group) is 1. The number of halogens is 1. The maximum absolute atomic E-state index is 13.4. The van der Waals surface area contributed by atoms with Crippen molar-refractivity contribution in [2.45, 2.75) is 18.9 Å². The van der Waals surface area contributed by atoms with Gasteiger partial charge in [0, 0.05) is 11.6 Å². The molecule has 1 aromatic heterocycles. The van der Waals surface area contributed by atoms with Gasteiger partial charge in [0.25, 0.3) is 0 Å². The summed E-state index contributed by atoms with van der Waals surface area (Å²) in [7, 11) is 0. The zero-order valence-electron chi connectivity index (χ0n) is 11.5. The van der Waals surface area contributed by atoms with E-state index < -0.39 is 11.6 Å². The normalized spacial score (nSPS) is 21.8. The van der Waals surface area contributed by atoms with Gasteiger partial charge in [0.1, 0.15) is 0 Å². The minimum absolute atomic E-state index is 0.00633. The molecule has 0 radical (unpaired) electrons. The van der Waals surface area contributed by atoms with Crippen LogP contribution >= 0.6 is 0 Å². The first-order valence-corrected chi connectivity index (χ1v) is 6.82. The summed E-state index contributed by atoms with van der Waals surface area (Å²) in [6.45, 7) is 3.97. The van der Waals surface area contributed by atoms with Gasteiger partial charge in [-0.2, -0.15) is 4.98 Å². The van der Waals surface area contributed by atoms with Crippen LogP contribution in [0.15, 0.2) is 22.7 Å². The first kappa shape index (κ1) is 14.0. The van der Waals surface area contributed by atoms with E-state index in [1.807, 2.05) is 6.92 Å². The van der Waals surface area contributed by atoms with Crippen molar-refractivity contribution in [3.8, 4) is 17.1 Å². The quantitative estimate of drug-likeness (QED) is 0.892. The molecule has 0 bridgehead atoms. The lowest BCUT2D eigenvalue weighted by atomic mass is 10.0. The molecule has 7 heteroatoms. The SMILES string of the molecule is CCNC1COCC1c1nc(-c2ccc(O)c(F)c2)no1. The highest BCUT2D eigenvalue weighted by Gasteiger charge is 2.33. The van der Waals surface area contributed by atoms with E-state index in [1.54, 1.807) is 6.07 Å². The third-order valence-corrected chi connectivity index (χ3v) is 3.51. The molecule has 0 saturated carbocycles. The average molecular weight is 293 g/mol. The Morgan fingerprint density at radius 3 is 3.05 bits per heavy atom. The van der Waals surface area contributed by atoms with E-state index in [0.717, 1.165) is 6.54 Å². The number of phenols is 1. The van der Waals surface area contributed by atoms with Crippen molar-refractivity contribution in [1.82, 2.24) is 15.5 Å². The van der Waals surface area contributed by atoms with Crippen LogP contribution in [0.1, 0.15) is 18.7 Å². The summed E-state index contributed by atoms with van der Waals surface area (Å²) in [6, 6.07) is 4.12. The summed E-state index contributed by atoms with van der Waals surface area (Å²) < 4.78 is 24.1. The zero-order chi connectivity index (χ0) is 14.8. The number of benzene rings is 1. The van der Waals surface area contributed by atoms with Gasteiger partial charge >= 0.3 is 0 Å². The summed E-state index contributed by atoms with van der Waals surface area (Å²) >= 11 is 0. The molecule has 2 atom stereocenters. The van der Waals surface area contributed by atoms with Crippen molar-refractivity contribution in [1.29, 1.82) is 0 Å². The summed E-state index contributed by atoms with van der Waals surface area (Å²) in [4.78, 5) is 4.32. The van der Waals surface area contributed by atoms with E-state index in [-0.39, 0.29) is 12.0 Å². The highest BCUT2D eigenvalue weighted by molar-refractivity contribution is 5.55. The molecule has 2 unspecified atom stereocenters. The molecule has 2 N–H and O–H groups in total. The number of phenolic OH excluding ortho intramolecular Hbond substituents is 1. The van der Waals surface area contributed by atoms with Crippen LogP contribution in [0.4, 0.5) is 4.39 Å². The Morgan fingerprint density at radius 2 is 2.29 bits per heavy atom. The molecule has 1 aromatic carbocycles. The van der Waals surface area contributed by atoms with E-state index in [4.69, 9.17) is 9.26 Å². The number of aromatic nitrogens is 2. The van der Waals surface area contributed by atoms with Crippen LogP contribution in [-0.2, 0) is 4.74 Å². The molecule has 1 fully saturated rings. The van der Waals surface area contributed by atoms with Crippen molar-refractivity contribution in [3.63, 3.8) is 0 Å². The number of ether oxygens (including phenoxy) is 1. The maximum Gasteiger partial charge on any atom is 0.234 e. The summed E-state index contributed by atoms with van der Waals surface area (Å²) in [5.41, 5.74) is 0.458. The monoisotopic (exact) mass is 293 g/mol. The minimum Gasteiger partial charge on any atom is -0.505 e. The Kier molecular flexibility index (Phi) is 3.85. The van der Waals surface area contributed by atoms with Crippen LogP contribution in [0.3, 0.4) is 0 Å². The van der Waals surface area contributed by atoms with Crippen LogP contribution in [0, 0.1) is 5.82 Å². The largest absolute Gasteiger partial charge is 0.505 e. The van der Waals surface area contributed by atoms with Gasteiger partial charge in [-0.05, 0) is 24.7 Å². The Balaban J connectivity index is 1.84. The van der Waals surface area contributed by atoms with E-state index in [0.29, 0.717) is 30.5 Å². The van der Waals surface area contributed by atoms with Gasteiger partial charge < -0.3 is 19.7 Å². The molecule has 3 rings (SSSR count). The van der Waals surface area contributed by atoms with E-state index in [1.165, 1.54) is 12.1 Å². The van der Waals surface area contributed by atoms with Gasteiger partial charge in [0.15, 0.2) is 11.6 Å². The molecule has 112 valence electrons. The summed E-state index contributed by atoms with van der Waals surface area (Å²) in [6.07, 6.45) is 0. The molecule has 21 heavy (non-hydrogen) atoms. The van der Waals surface area contributed by atoms with Crippen LogP contribution in [0.2, 0.25) is 0 Å². The molecule has 0 spiro atoms. The first-order valence-electron chi connectivity index (χ1n) is 6.82. The molecule has 0 amide bonds. The first-order chi connectivity index (χ1) is 10.2. The number of aromatic hydroxyl groups is 1. The second-order valence-electron chi connectivity index (χ2n) is 4.93. The molecule has 1 aliphatic rings. The fourth-order valence-corrected chi connectivity index (χ4v) is 2.41. The molecular formula is C14H16FN3O3. The molecule has 2 aromatic rings. The third-order valence-electron chi connectivity index (χ3n) is 3.51. The second kappa shape index (κ2) is 5.79. The fourth-order valence-electron chi connectivity index (χ4n) is 2.41. The molecular weight excluding hydrogens is 277 g/mol. The van der Waals surface area contributed by atoms with E-state index in [2.05, 4.69) is 15.5 Å². The van der Waals surface area contributed by atoms with Crippen LogP contribution < -0.4 is 5.32 Å². The number of rotatable bonds is 4. The lowest BCUT2D eigenvalue weighted by Crippen LogP contribution is -2.34. The van der Waals surface area contributed by atoms with Gasteiger partial charge in [-0.3, -0.25) is 0 Å².